The summed E-state index contributed by atoms with van der Waals surface area (Å²) in [6, 6.07) is 2.09. The van der Waals surface area contributed by atoms with Crippen LogP contribution in [0.5, 0.6) is 5.75 Å². The van der Waals surface area contributed by atoms with Crippen molar-refractivity contribution in [3.63, 3.8) is 0 Å². The molecule has 1 unspecified atom stereocenters. The quantitative estimate of drug-likeness (QED) is 0.905. The van der Waals surface area contributed by atoms with Gasteiger partial charge >= 0.3 is 0 Å². The van der Waals surface area contributed by atoms with Gasteiger partial charge < -0.3 is 15.0 Å². The van der Waals surface area contributed by atoms with Gasteiger partial charge in [-0.2, -0.15) is 0 Å². The maximum atomic E-state index is 12.2. The molecule has 2 heterocycles. The number of methoxy groups -OCH3 is 1. The second-order valence-electron chi connectivity index (χ2n) is 4.02. The molecule has 1 aliphatic heterocycles. The normalized spacial score (nSPS) is 18.3. The van der Waals surface area contributed by atoms with Crippen molar-refractivity contribution in [2.24, 2.45) is 0 Å². The molecule has 1 aliphatic rings. The third kappa shape index (κ3) is 3.17. The van der Waals surface area contributed by atoms with Crippen molar-refractivity contribution in [2.45, 2.75) is 12.5 Å². The van der Waals surface area contributed by atoms with E-state index < -0.39 is 0 Å². The van der Waals surface area contributed by atoms with Crippen molar-refractivity contribution in [2.75, 3.05) is 27.2 Å². The number of thiophene rings is 1. The Labute approximate surface area is 125 Å². The summed E-state index contributed by atoms with van der Waals surface area (Å²) in [5.74, 6) is 0.781. The van der Waals surface area contributed by atoms with Crippen molar-refractivity contribution >= 4 is 45.6 Å². The first-order valence-electron chi connectivity index (χ1n) is 5.44. The van der Waals surface area contributed by atoms with E-state index in [0.717, 1.165) is 29.0 Å². The molecule has 0 bridgehead atoms. The highest BCUT2D eigenvalue weighted by Gasteiger charge is 2.25. The molecule has 1 amide bonds. The van der Waals surface area contributed by atoms with Crippen molar-refractivity contribution in [3.05, 3.63) is 14.7 Å². The molecule has 0 spiro atoms. The van der Waals surface area contributed by atoms with Crippen LogP contribution in [-0.4, -0.2) is 44.1 Å². The zero-order valence-corrected chi connectivity index (χ0v) is 13.5. The molecule has 1 fully saturated rings. The number of likely N-dealkylation sites (N-methyl/N-ethyl adjacent to an activating group) is 1. The predicted octanol–water partition coefficient (Wildman–Crippen LogP) is 2.37. The number of nitrogens with one attached hydrogen (secondary N) is 1. The van der Waals surface area contributed by atoms with Crippen molar-refractivity contribution in [1.82, 2.24) is 10.2 Å². The van der Waals surface area contributed by atoms with Crippen LogP contribution in [0.25, 0.3) is 0 Å². The highest BCUT2D eigenvalue weighted by Crippen LogP contribution is 2.35. The van der Waals surface area contributed by atoms with Gasteiger partial charge in [0.15, 0.2) is 0 Å². The van der Waals surface area contributed by atoms with Gasteiger partial charge in [-0.1, -0.05) is 0 Å². The number of hydrogen-bond acceptors (Lipinski definition) is 4. The van der Waals surface area contributed by atoms with Crippen LogP contribution in [0.3, 0.4) is 0 Å². The lowest BCUT2D eigenvalue weighted by atomic mass is 10.2. The molecule has 0 radical (unpaired) electrons. The van der Waals surface area contributed by atoms with E-state index in [4.69, 9.17) is 4.74 Å². The summed E-state index contributed by atoms with van der Waals surface area (Å²) < 4.78 is 6.02. The van der Waals surface area contributed by atoms with E-state index in [1.807, 2.05) is 11.9 Å². The van der Waals surface area contributed by atoms with Crippen LogP contribution in [-0.2, 0) is 0 Å². The lowest BCUT2D eigenvalue weighted by Gasteiger charge is -2.22. The van der Waals surface area contributed by atoms with E-state index in [-0.39, 0.29) is 18.3 Å². The molecule has 18 heavy (non-hydrogen) atoms. The molecule has 1 saturated heterocycles. The van der Waals surface area contributed by atoms with E-state index in [0.29, 0.717) is 10.9 Å². The monoisotopic (exact) mass is 354 g/mol. The second kappa shape index (κ2) is 6.75. The average molecular weight is 356 g/mol. The fourth-order valence-electron chi connectivity index (χ4n) is 1.91. The Bertz CT molecular complexity index is 421. The molecule has 1 atom stereocenters. The maximum absolute atomic E-state index is 12.2. The first-order chi connectivity index (χ1) is 8.13. The van der Waals surface area contributed by atoms with Crippen molar-refractivity contribution in [3.8, 4) is 5.75 Å². The summed E-state index contributed by atoms with van der Waals surface area (Å²) in [6.07, 6.45) is 1.02. The van der Waals surface area contributed by atoms with Gasteiger partial charge in [-0.05, 0) is 28.9 Å². The minimum Gasteiger partial charge on any atom is -0.495 e. The van der Waals surface area contributed by atoms with E-state index in [2.05, 4.69) is 21.2 Å². The van der Waals surface area contributed by atoms with E-state index in [9.17, 15) is 4.79 Å². The lowest BCUT2D eigenvalue weighted by molar-refractivity contribution is 0.0748. The second-order valence-corrected chi connectivity index (χ2v) is 6.39. The Balaban J connectivity index is 0.00000162. The summed E-state index contributed by atoms with van der Waals surface area (Å²) in [5, 5.41) is 3.26. The van der Waals surface area contributed by atoms with Crippen LogP contribution >= 0.6 is 39.7 Å². The zero-order valence-electron chi connectivity index (χ0n) is 10.2. The average Bonchev–Trinajstić information content (AvgIpc) is 2.95. The third-order valence-electron chi connectivity index (χ3n) is 2.99. The van der Waals surface area contributed by atoms with Crippen LogP contribution in [0, 0.1) is 0 Å². The summed E-state index contributed by atoms with van der Waals surface area (Å²) in [7, 11) is 3.46. The highest BCUT2D eigenvalue weighted by atomic mass is 79.9. The molecular formula is C11H16BrClN2O2S. The fourth-order valence-corrected chi connectivity index (χ4v) is 3.54. The molecule has 102 valence electrons. The number of nitrogens with zero attached hydrogens (tertiary/aromatic N) is 1. The van der Waals surface area contributed by atoms with Crippen LogP contribution in [0.2, 0.25) is 0 Å². The molecule has 7 heteroatoms. The summed E-state index contributed by atoms with van der Waals surface area (Å²) >= 11 is 4.80. The Morgan fingerprint density at radius 2 is 2.39 bits per heavy atom. The fraction of sp³-hybridized carbons (Fsp3) is 0.545. The number of hydrogen-bond donors (Lipinski definition) is 1. The van der Waals surface area contributed by atoms with Gasteiger partial charge in [-0.3, -0.25) is 4.79 Å². The zero-order chi connectivity index (χ0) is 12.4. The van der Waals surface area contributed by atoms with Gasteiger partial charge in [0.25, 0.3) is 5.91 Å². The number of carbonyl (C=O) groups excluding carboxylic acids is 1. The van der Waals surface area contributed by atoms with Crippen LogP contribution < -0.4 is 10.1 Å². The van der Waals surface area contributed by atoms with Crippen molar-refractivity contribution < 1.29 is 9.53 Å². The van der Waals surface area contributed by atoms with Gasteiger partial charge in [0.2, 0.25) is 0 Å². The smallest absolute Gasteiger partial charge is 0.264 e. The number of carbonyl (C=O) groups is 1. The van der Waals surface area contributed by atoms with Gasteiger partial charge in [0.05, 0.1) is 12.0 Å². The Morgan fingerprint density at radius 1 is 1.67 bits per heavy atom. The Hall–Kier alpha value is -0.300. The number of rotatable bonds is 3. The van der Waals surface area contributed by atoms with Crippen LogP contribution in [0.15, 0.2) is 9.85 Å². The van der Waals surface area contributed by atoms with Gasteiger partial charge in [0, 0.05) is 25.7 Å². The predicted molar refractivity (Wildman–Crippen MR) is 79.2 cm³/mol. The standard InChI is InChI=1S/C11H15BrN2O2S.ClH/c1-14(7-3-4-13-6-7)11(15)9-5-8(16-2)10(12)17-9;/h5,7,13H,3-4,6H2,1-2H3;1H. The first-order valence-corrected chi connectivity index (χ1v) is 7.05. The first kappa shape index (κ1) is 15.8. The minimum atomic E-state index is 0. The largest absolute Gasteiger partial charge is 0.495 e. The van der Waals surface area contributed by atoms with E-state index in [1.54, 1.807) is 13.2 Å². The third-order valence-corrected chi connectivity index (χ3v) is 4.76. The molecule has 4 nitrogen and oxygen atoms in total. The molecule has 0 saturated carbocycles. The Morgan fingerprint density at radius 3 is 2.89 bits per heavy atom. The number of ether oxygens (including phenoxy) is 1. The van der Waals surface area contributed by atoms with E-state index in [1.165, 1.54) is 11.3 Å². The van der Waals surface area contributed by atoms with Gasteiger partial charge in [0.1, 0.15) is 9.54 Å². The summed E-state index contributed by atoms with van der Waals surface area (Å²) in [4.78, 5) is 14.8. The topological polar surface area (TPSA) is 41.6 Å². The van der Waals surface area contributed by atoms with Crippen molar-refractivity contribution in [1.29, 1.82) is 0 Å². The van der Waals surface area contributed by atoms with Crippen LogP contribution in [0.1, 0.15) is 16.1 Å². The number of amides is 1. The minimum absolute atomic E-state index is 0. The maximum Gasteiger partial charge on any atom is 0.264 e. The summed E-state index contributed by atoms with van der Waals surface area (Å²) in [5.41, 5.74) is 0. The Kier molecular flexibility index (Phi) is 5.91. The lowest BCUT2D eigenvalue weighted by Crippen LogP contribution is -2.37. The van der Waals surface area contributed by atoms with Crippen LogP contribution in [0.4, 0.5) is 0 Å². The molecular weight excluding hydrogens is 340 g/mol. The molecule has 1 aromatic rings. The van der Waals surface area contributed by atoms with Gasteiger partial charge in [-0.25, -0.2) is 0 Å². The molecule has 0 aromatic carbocycles. The SMILES string of the molecule is COc1cc(C(=O)N(C)C2CCNC2)sc1Br.Cl. The molecule has 1 N–H and O–H groups in total. The number of halogens is 2. The van der Waals surface area contributed by atoms with Gasteiger partial charge in [-0.15, -0.1) is 23.7 Å². The highest BCUT2D eigenvalue weighted by molar-refractivity contribution is 9.11. The summed E-state index contributed by atoms with van der Waals surface area (Å²) in [6.45, 7) is 1.87. The molecule has 0 aliphatic carbocycles. The van der Waals surface area contributed by atoms with E-state index >= 15 is 0 Å². The molecule has 2 rings (SSSR count). The molecule has 1 aromatic heterocycles.